The normalized spacial score (nSPS) is 35.0. The molecule has 0 saturated heterocycles. The standard InChI is InChI=1S/C22H36O3/c1-16(2)20-12-10-17(3)8-7-9-18(4)11-13-21(25-19(5)23)22(6,24)15-14-20/h8,11,14-16,20-21,24H,7,9-10,12-13H2,1-6H3/b15-14+,17-8+,18-11+/t20-,21+,22+/m1/s1. The summed E-state index contributed by atoms with van der Waals surface area (Å²) in [6, 6.07) is 0. The van der Waals surface area contributed by atoms with Gasteiger partial charge in [-0.3, -0.25) is 4.79 Å². The van der Waals surface area contributed by atoms with Crippen molar-refractivity contribution in [3.8, 4) is 0 Å². The third kappa shape index (κ3) is 8.04. The topological polar surface area (TPSA) is 46.5 Å². The average Bonchev–Trinajstić information content (AvgIpc) is 2.49. The lowest BCUT2D eigenvalue weighted by molar-refractivity contribution is -0.156. The van der Waals surface area contributed by atoms with Crippen molar-refractivity contribution in [1.29, 1.82) is 0 Å². The van der Waals surface area contributed by atoms with Gasteiger partial charge in [-0.1, -0.05) is 49.3 Å². The molecule has 3 heteroatoms. The molecule has 0 fully saturated rings. The molecule has 25 heavy (non-hydrogen) atoms. The van der Waals surface area contributed by atoms with E-state index in [9.17, 15) is 9.90 Å². The van der Waals surface area contributed by atoms with Crippen LogP contribution in [0.25, 0.3) is 0 Å². The molecule has 0 aromatic rings. The molecule has 0 unspecified atom stereocenters. The van der Waals surface area contributed by atoms with Crippen LogP contribution in [0, 0.1) is 11.8 Å². The summed E-state index contributed by atoms with van der Waals surface area (Å²) in [7, 11) is 0. The number of carbonyl (C=O) groups excluding carboxylic acids is 1. The molecule has 0 aliphatic heterocycles. The second-order valence-electron chi connectivity index (χ2n) is 8.00. The van der Waals surface area contributed by atoms with Gasteiger partial charge in [0.1, 0.15) is 11.7 Å². The van der Waals surface area contributed by atoms with E-state index in [-0.39, 0.29) is 5.97 Å². The summed E-state index contributed by atoms with van der Waals surface area (Å²) in [6.45, 7) is 11.8. The highest BCUT2D eigenvalue weighted by Gasteiger charge is 2.31. The van der Waals surface area contributed by atoms with Gasteiger partial charge in [0.25, 0.3) is 0 Å². The second kappa shape index (κ2) is 9.96. The van der Waals surface area contributed by atoms with Crippen LogP contribution in [0.4, 0.5) is 0 Å². The molecule has 0 spiro atoms. The van der Waals surface area contributed by atoms with E-state index in [0.717, 1.165) is 25.7 Å². The van der Waals surface area contributed by atoms with Gasteiger partial charge in [0.2, 0.25) is 0 Å². The Kier molecular flexibility index (Phi) is 8.64. The van der Waals surface area contributed by atoms with Crippen LogP contribution in [0.15, 0.2) is 35.5 Å². The van der Waals surface area contributed by atoms with Crippen LogP contribution in [-0.4, -0.2) is 22.8 Å². The average molecular weight is 349 g/mol. The van der Waals surface area contributed by atoms with E-state index >= 15 is 0 Å². The monoisotopic (exact) mass is 348 g/mol. The largest absolute Gasteiger partial charge is 0.459 e. The number of allylic oxidation sites excluding steroid dienone is 4. The molecule has 0 aromatic heterocycles. The van der Waals surface area contributed by atoms with E-state index in [1.54, 1.807) is 6.92 Å². The van der Waals surface area contributed by atoms with Crippen LogP contribution in [-0.2, 0) is 9.53 Å². The van der Waals surface area contributed by atoms with Crippen molar-refractivity contribution >= 4 is 5.97 Å². The highest BCUT2D eigenvalue weighted by molar-refractivity contribution is 5.66. The van der Waals surface area contributed by atoms with E-state index < -0.39 is 11.7 Å². The lowest BCUT2D eigenvalue weighted by atomic mass is 9.86. The summed E-state index contributed by atoms with van der Waals surface area (Å²) in [4.78, 5) is 11.5. The Hall–Kier alpha value is -1.35. The number of aliphatic hydroxyl groups is 1. The van der Waals surface area contributed by atoms with Gasteiger partial charge in [0, 0.05) is 13.3 Å². The first-order chi connectivity index (χ1) is 11.6. The van der Waals surface area contributed by atoms with E-state index in [1.165, 1.54) is 18.1 Å². The van der Waals surface area contributed by atoms with Gasteiger partial charge < -0.3 is 9.84 Å². The Morgan fingerprint density at radius 3 is 2.48 bits per heavy atom. The van der Waals surface area contributed by atoms with Gasteiger partial charge in [-0.25, -0.2) is 0 Å². The minimum Gasteiger partial charge on any atom is -0.459 e. The van der Waals surface area contributed by atoms with Crippen LogP contribution in [0.2, 0.25) is 0 Å². The van der Waals surface area contributed by atoms with Gasteiger partial charge in [0.05, 0.1) is 0 Å². The predicted molar refractivity (Wildman–Crippen MR) is 104 cm³/mol. The molecule has 1 N–H and O–H groups in total. The van der Waals surface area contributed by atoms with Crippen LogP contribution in [0.1, 0.15) is 73.6 Å². The first-order valence-corrected chi connectivity index (χ1v) is 9.52. The SMILES string of the molecule is CC(=O)O[C@H]1C/C=C(\C)CC/C=C(\C)CC[C@@H](C(C)C)/C=C/[C@]1(C)O. The molecule has 1 aliphatic carbocycles. The first kappa shape index (κ1) is 21.7. The number of ether oxygens (including phenoxy) is 1. The molecular formula is C22H36O3. The summed E-state index contributed by atoms with van der Waals surface area (Å²) < 4.78 is 5.43. The number of hydrogen-bond donors (Lipinski definition) is 1. The fraction of sp³-hybridized carbons (Fsp3) is 0.682. The highest BCUT2D eigenvalue weighted by Crippen LogP contribution is 2.26. The van der Waals surface area contributed by atoms with E-state index in [0.29, 0.717) is 18.3 Å². The predicted octanol–water partition coefficient (Wildman–Crippen LogP) is 5.35. The number of esters is 1. The summed E-state index contributed by atoms with van der Waals surface area (Å²) in [5.41, 5.74) is 1.52. The number of carbonyl (C=O) groups is 1. The van der Waals surface area contributed by atoms with Crippen molar-refractivity contribution in [3.63, 3.8) is 0 Å². The van der Waals surface area contributed by atoms with E-state index in [1.807, 2.05) is 6.08 Å². The quantitative estimate of drug-likeness (QED) is 0.540. The summed E-state index contributed by atoms with van der Waals surface area (Å²) in [6.07, 6.45) is 12.5. The molecule has 0 bridgehead atoms. The zero-order valence-electron chi connectivity index (χ0n) is 16.8. The lowest BCUT2D eigenvalue weighted by Gasteiger charge is -2.30. The van der Waals surface area contributed by atoms with Gasteiger partial charge in [-0.2, -0.15) is 0 Å². The molecule has 0 heterocycles. The lowest BCUT2D eigenvalue weighted by Crippen LogP contribution is -2.40. The molecule has 3 atom stereocenters. The molecule has 0 saturated carbocycles. The van der Waals surface area contributed by atoms with Crippen molar-refractivity contribution in [2.45, 2.75) is 85.4 Å². The van der Waals surface area contributed by atoms with Crippen LogP contribution >= 0.6 is 0 Å². The van der Waals surface area contributed by atoms with Crippen molar-refractivity contribution in [1.82, 2.24) is 0 Å². The third-order valence-corrected chi connectivity index (χ3v) is 5.08. The Bertz CT molecular complexity index is 523. The molecule has 0 amide bonds. The molecule has 3 nitrogen and oxygen atoms in total. The molecule has 0 radical (unpaired) electrons. The smallest absolute Gasteiger partial charge is 0.303 e. The zero-order valence-corrected chi connectivity index (χ0v) is 16.8. The zero-order chi connectivity index (χ0) is 19.0. The third-order valence-electron chi connectivity index (χ3n) is 5.08. The first-order valence-electron chi connectivity index (χ1n) is 9.52. The molecular weight excluding hydrogens is 312 g/mol. The maximum atomic E-state index is 11.5. The van der Waals surface area contributed by atoms with Crippen LogP contribution in [0.3, 0.4) is 0 Å². The summed E-state index contributed by atoms with van der Waals surface area (Å²) >= 11 is 0. The molecule has 1 rings (SSSR count). The van der Waals surface area contributed by atoms with Crippen LogP contribution < -0.4 is 0 Å². The van der Waals surface area contributed by atoms with Crippen molar-refractivity contribution < 1.29 is 14.6 Å². The van der Waals surface area contributed by atoms with Crippen molar-refractivity contribution in [2.24, 2.45) is 11.8 Å². The Morgan fingerprint density at radius 1 is 1.24 bits per heavy atom. The maximum absolute atomic E-state index is 11.5. The molecule has 0 aromatic carbocycles. The number of rotatable bonds is 2. The van der Waals surface area contributed by atoms with Gasteiger partial charge in [-0.05, 0) is 58.3 Å². The highest BCUT2D eigenvalue weighted by atomic mass is 16.6. The Labute approximate surface area is 153 Å². The van der Waals surface area contributed by atoms with Gasteiger partial charge in [0.15, 0.2) is 0 Å². The van der Waals surface area contributed by atoms with Gasteiger partial charge >= 0.3 is 5.97 Å². The fourth-order valence-electron chi connectivity index (χ4n) is 3.14. The Morgan fingerprint density at radius 2 is 1.88 bits per heavy atom. The van der Waals surface area contributed by atoms with Crippen LogP contribution in [0.5, 0.6) is 0 Å². The molecule has 1 aliphatic rings. The summed E-state index contributed by atoms with van der Waals surface area (Å²) in [5, 5.41) is 10.9. The molecule has 142 valence electrons. The minimum absolute atomic E-state index is 0.357. The second-order valence-corrected chi connectivity index (χ2v) is 8.00. The van der Waals surface area contributed by atoms with Gasteiger partial charge in [-0.15, -0.1) is 0 Å². The minimum atomic E-state index is -1.18. The van der Waals surface area contributed by atoms with E-state index in [2.05, 4.69) is 45.9 Å². The van der Waals surface area contributed by atoms with E-state index in [4.69, 9.17) is 4.74 Å². The van der Waals surface area contributed by atoms with Crippen molar-refractivity contribution in [2.75, 3.05) is 0 Å². The fourth-order valence-corrected chi connectivity index (χ4v) is 3.14. The summed E-state index contributed by atoms with van der Waals surface area (Å²) in [5.74, 6) is 0.542. The number of hydrogen-bond acceptors (Lipinski definition) is 3. The maximum Gasteiger partial charge on any atom is 0.303 e. The Balaban J connectivity index is 3.13. The van der Waals surface area contributed by atoms with Crippen molar-refractivity contribution in [3.05, 3.63) is 35.5 Å².